The van der Waals surface area contributed by atoms with Crippen LogP contribution in [0.15, 0.2) is 53.0 Å². The van der Waals surface area contributed by atoms with Gasteiger partial charge in [0.15, 0.2) is 0 Å². The summed E-state index contributed by atoms with van der Waals surface area (Å²) in [5, 5.41) is 3.04. The summed E-state index contributed by atoms with van der Waals surface area (Å²) in [5.41, 5.74) is 2.24. The number of nitrogens with one attached hydrogen (secondary N) is 1. The number of carbonyl (C=O) groups excluding carboxylic acids is 2. The van der Waals surface area contributed by atoms with E-state index >= 15 is 0 Å². The number of amides is 3. The van der Waals surface area contributed by atoms with E-state index in [1.807, 2.05) is 42.5 Å². The fourth-order valence-electron chi connectivity index (χ4n) is 4.60. The molecule has 32 heavy (non-hydrogen) atoms. The zero-order chi connectivity index (χ0) is 22.5. The van der Waals surface area contributed by atoms with Gasteiger partial charge in [-0.25, -0.2) is 4.79 Å². The lowest BCUT2D eigenvalue weighted by atomic mass is 9.90. The monoisotopic (exact) mass is 499 g/mol. The van der Waals surface area contributed by atoms with Crippen molar-refractivity contribution in [2.24, 2.45) is 5.92 Å². The Bertz CT molecular complexity index is 927. The fraction of sp³-hybridized carbons (Fsp3) is 0.440. The number of hydrogen-bond donors (Lipinski definition) is 1. The summed E-state index contributed by atoms with van der Waals surface area (Å²) in [6.45, 7) is 3.02. The van der Waals surface area contributed by atoms with Gasteiger partial charge in [0.05, 0.1) is 19.7 Å². The van der Waals surface area contributed by atoms with E-state index < -0.39 is 0 Å². The molecule has 3 amide bonds. The number of likely N-dealkylation sites (tertiary alicyclic amines) is 1. The fourth-order valence-corrected chi connectivity index (χ4v) is 5.01. The van der Waals surface area contributed by atoms with Crippen molar-refractivity contribution >= 4 is 27.9 Å². The molecule has 0 saturated carbocycles. The van der Waals surface area contributed by atoms with Gasteiger partial charge in [0.25, 0.3) is 0 Å². The van der Waals surface area contributed by atoms with Gasteiger partial charge in [0.1, 0.15) is 5.75 Å². The Labute approximate surface area is 198 Å². The first-order chi connectivity index (χ1) is 15.5. The molecular formula is C25H30BrN3O3. The molecule has 0 radical (unpaired) electrons. The summed E-state index contributed by atoms with van der Waals surface area (Å²) in [6.07, 6.45) is 3.60. The Kier molecular flexibility index (Phi) is 7.48. The summed E-state index contributed by atoms with van der Waals surface area (Å²) in [6, 6.07) is 15.4. The lowest BCUT2D eigenvalue weighted by Crippen LogP contribution is -2.57. The molecule has 0 aliphatic carbocycles. The highest BCUT2D eigenvalue weighted by Gasteiger charge is 2.33. The number of ether oxygens (including phenoxy) is 1. The highest BCUT2D eigenvalue weighted by atomic mass is 79.9. The molecule has 0 bridgehead atoms. The first-order valence-electron chi connectivity index (χ1n) is 11.2. The number of imide groups is 1. The first-order valence-corrected chi connectivity index (χ1v) is 12.0. The van der Waals surface area contributed by atoms with Crippen LogP contribution in [0.3, 0.4) is 0 Å². The van der Waals surface area contributed by atoms with Crippen molar-refractivity contribution in [3.8, 4) is 5.75 Å². The Morgan fingerprint density at radius 1 is 1.09 bits per heavy atom. The summed E-state index contributed by atoms with van der Waals surface area (Å²) >= 11 is 3.66. The normalized spacial score (nSPS) is 20.3. The van der Waals surface area contributed by atoms with Crippen molar-refractivity contribution in [1.29, 1.82) is 0 Å². The first kappa shape index (κ1) is 22.8. The van der Waals surface area contributed by atoms with Crippen molar-refractivity contribution in [2.75, 3.05) is 26.7 Å². The number of piperidine rings is 1. The maximum Gasteiger partial charge on any atom is 0.324 e. The minimum absolute atomic E-state index is 0.0969. The second kappa shape index (κ2) is 10.5. The molecule has 1 atom stereocenters. The number of rotatable bonds is 7. The van der Waals surface area contributed by atoms with Crippen LogP contribution in [-0.4, -0.2) is 54.5 Å². The van der Waals surface area contributed by atoms with Crippen LogP contribution in [-0.2, 0) is 17.8 Å². The molecule has 2 aromatic carbocycles. The molecule has 170 valence electrons. The Morgan fingerprint density at radius 3 is 2.53 bits per heavy atom. The van der Waals surface area contributed by atoms with E-state index in [0.29, 0.717) is 18.9 Å². The third-order valence-electron chi connectivity index (χ3n) is 6.43. The van der Waals surface area contributed by atoms with Gasteiger partial charge in [-0.05, 0) is 67.6 Å². The molecule has 7 heteroatoms. The number of methoxy groups -OCH3 is 1. The average Bonchev–Trinajstić information content (AvgIpc) is 2.80. The second-order valence-electron chi connectivity index (χ2n) is 8.72. The van der Waals surface area contributed by atoms with Crippen LogP contribution in [0.25, 0.3) is 0 Å². The van der Waals surface area contributed by atoms with Gasteiger partial charge < -0.3 is 15.0 Å². The van der Waals surface area contributed by atoms with Crippen LogP contribution in [0.5, 0.6) is 5.75 Å². The highest BCUT2D eigenvalue weighted by molar-refractivity contribution is 9.10. The summed E-state index contributed by atoms with van der Waals surface area (Å²) in [7, 11) is 1.70. The van der Waals surface area contributed by atoms with Crippen LogP contribution in [0, 0.1) is 5.92 Å². The number of hydrogen-bond acceptors (Lipinski definition) is 4. The maximum absolute atomic E-state index is 12.6. The third-order valence-corrected chi connectivity index (χ3v) is 7.20. The molecule has 0 aromatic heterocycles. The Morgan fingerprint density at radius 2 is 1.84 bits per heavy atom. The van der Waals surface area contributed by atoms with Gasteiger partial charge in [0, 0.05) is 17.4 Å². The van der Waals surface area contributed by atoms with Crippen molar-refractivity contribution in [1.82, 2.24) is 15.1 Å². The van der Waals surface area contributed by atoms with Crippen LogP contribution in [0.1, 0.15) is 30.4 Å². The summed E-state index contributed by atoms with van der Waals surface area (Å²) in [4.78, 5) is 28.9. The third kappa shape index (κ3) is 5.70. The van der Waals surface area contributed by atoms with E-state index in [2.05, 4.69) is 32.2 Å². The predicted molar refractivity (Wildman–Crippen MR) is 127 cm³/mol. The zero-order valence-electron chi connectivity index (χ0n) is 18.4. The van der Waals surface area contributed by atoms with Crippen molar-refractivity contribution in [2.45, 2.75) is 38.3 Å². The van der Waals surface area contributed by atoms with Crippen molar-refractivity contribution in [3.05, 3.63) is 64.1 Å². The molecule has 2 aliphatic heterocycles. The summed E-state index contributed by atoms with van der Waals surface area (Å²) < 4.78 is 6.49. The SMILES string of the molecule is COc1ccc(Br)c(CC2CCN(CC3CC(=O)N(Cc4ccccc4)C(=O)N3)CC2)c1. The lowest BCUT2D eigenvalue weighted by molar-refractivity contribution is -0.130. The van der Waals surface area contributed by atoms with Crippen molar-refractivity contribution in [3.63, 3.8) is 0 Å². The van der Waals surface area contributed by atoms with Gasteiger partial charge in [-0.2, -0.15) is 0 Å². The van der Waals surface area contributed by atoms with E-state index in [9.17, 15) is 9.59 Å². The molecule has 2 heterocycles. The van der Waals surface area contributed by atoms with Crippen LogP contribution in [0.2, 0.25) is 0 Å². The van der Waals surface area contributed by atoms with E-state index in [1.54, 1.807) is 7.11 Å². The van der Waals surface area contributed by atoms with Gasteiger partial charge in [-0.1, -0.05) is 46.3 Å². The average molecular weight is 500 g/mol. The van der Waals surface area contributed by atoms with Gasteiger partial charge in [0.2, 0.25) is 5.91 Å². The van der Waals surface area contributed by atoms with E-state index in [4.69, 9.17) is 4.74 Å². The molecule has 4 rings (SSSR count). The minimum Gasteiger partial charge on any atom is -0.497 e. The van der Waals surface area contributed by atoms with Gasteiger partial charge in [-0.15, -0.1) is 0 Å². The highest BCUT2D eigenvalue weighted by Crippen LogP contribution is 2.29. The lowest BCUT2D eigenvalue weighted by Gasteiger charge is -2.37. The molecule has 0 spiro atoms. The number of carbonyl (C=O) groups is 2. The van der Waals surface area contributed by atoms with Gasteiger partial charge >= 0.3 is 6.03 Å². The Balaban J connectivity index is 1.25. The summed E-state index contributed by atoms with van der Waals surface area (Å²) in [5.74, 6) is 1.42. The number of nitrogens with zero attached hydrogens (tertiary/aromatic N) is 2. The number of halogens is 1. The second-order valence-corrected chi connectivity index (χ2v) is 9.58. The standard InChI is InChI=1S/C25H30BrN3O3/c1-32-22-7-8-23(26)20(14-22)13-18-9-11-28(12-10-18)17-21-15-24(30)29(25(31)27-21)16-19-5-3-2-4-6-19/h2-8,14,18,21H,9-13,15-17H2,1H3,(H,27,31). The number of benzene rings is 2. The van der Waals surface area contributed by atoms with E-state index in [0.717, 1.165) is 54.7 Å². The van der Waals surface area contributed by atoms with Crippen LogP contribution < -0.4 is 10.1 Å². The predicted octanol–water partition coefficient (Wildman–Crippen LogP) is 4.22. The van der Waals surface area contributed by atoms with Crippen molar-refractivity contribution < 1.29 is 14.3 Å². The zero-order valence-corrected chi connectivity index (χ0v) is 20.0. The van der Waals surface area contributed by atoms with Crippen LogP contribution in [0.4, 0.5) is 4.79 Å². The van der Waals surface area contributed by atoms with Gasteiger partial charge in [-0.3, -0.25) is 9.69 Å². The van der Waals surface area contributed by atoms with Crippen LogP contribution >= 0.6 is 15.9 Å². The molecular weight excluding hydrogens is 470 g/mol. The Hall–Kier alpha value is -2.38. The van der Waals surface area contributed by atoms with E-state index in [1.165, 1.54) is 10.5 Å². The molecule has 1 unspecified atom stereocenters. The van der Waals surface area contributed by atoms with E-state index in [-0.39, 0.29) is 18.0 Å². The number of urea groups is 1. The topological polar surface area (TPSA) is 61.9 Å². The minimum atomic E-state index is -0.284. The quantitative estimate of drug-likeness (QED) is 0.619. The molecule has 2 aliphatic rings. The molecule has 1 N–H and O–H groups in total. The molecule has 2 aromatic rings. The molecule has 2 fully saturated rings. The molecule has 2 saturated heterocycles. The largest absolute Gasteiger partial charge is 0.497 e. The molecule has 6 nitrogen and oxygen atoms in total. The maximum atomic E-state index is 12.6. The smallest absolute Gasteiger partial charge is 0.324 e.